The third-order valence-corrected chi connectivity index (χ3v) is 4.16. The van der Waals surface area contributed by atoms with Crippen molar-refractivity contribution < 1.29 is 0 Å². The van der Waals surface area contributed by atoms with Gasteiger partial charge in [0.1, 0.15) is 0 Å². The fourth-order valence-corrected chi connectivity index (χ4v) is 2.39. The van der Waals surface area contributed by atoms with Crippen LogP contribution in [0.5, 0.6) is 0 Å². The molecule has 0 amide bonds. The Balaban J connectivity index is 2.03. The van der Waals surface area contributed by atoms with Gasteiger partial charge in [0.15, 0.2) is 0 Å². The highest BCUT2D eigenvalue weighted by Crippen LogP contribution is 2.19. The van der Waals surface area contributed by atoms with Crippen LogP contribution in [0.25, 0.3) is 0 Å². The van der Waals surface area contributed by atoms with Gasteiger partial charge in [0, 0.05) is 18.3 Å². The number of rotatable bonds is 7. The first kappa shape index (κ1) is 15.6. The van der Waals surface area contributed by atoms with E-state index in [1.807, 2.05) is 0 Å². The van der Waals surface area contributed by atoms with Crippen molar-refractivity contribution in [3.8, 4) is 0 Å². The lowest BCUT2D eigenvalue weighted by Crippen LogP contribution is -2.35. The number of hydrogen-bond acceptors (Lipinski definition) is 2. The highest BCUT2D eigenvalue weighted by molar-refractivity contribution is 5.52. The Morgan fingerprint density at radius 1 is 1.00 bits per heavy atom. The summed E-state index contributed by atoms with van der Waals surface area (Å²) >= 11 is 0. The van der Waals surface area contributed by atoms with Crippen LogP contribution >= 0.6 is 0 Å². The molecule has 2 atom stereocenters. The van der Waals surface area contributed by atoms with Crippen molar-refractivity contribution in [2.75, 3.05) is 11.9 Å². The van der Waals surface area contributed by atoms with Crippen molar-refractivity contribution in [1.82, 2.24) is 0 Å². The topological polar surface area (TPSA) is 38.0 Å². The molecule has 0 aliphatic carbocycles. The van der Waals surface area contributed by atoms with Crippen LogP contribution in [0.3, 0.4) is 0 Å². The van der Waals surface area contributed by atoms with Crippen molar-refractivity contribution in [2.45, 2.75) is 32.7 Å². The number of anilines is 1. The van der Waals surface area contributed by atoms with Gasteiger partial charge in [-0.1, -0.05) is 68.8 Å². The smallest absolute Gasteiger partial charge is 0.0376 e. The average Bonchev–Trinajstić information content (AvgIpc) is 2.54. The van der Waals surface area contributed by atoms with Gasteiger partial charge in [-0.15, -0.1) is 0 Å². The van der Waals surface area contributed by atoms with Gasteiger partial charge in [-0.2, -0.15) is 0 Å². The molecule has 0 radical (unpaired) electrons. The molecular formula is C19H26N2. The fourth-order valence-electron chi connectivity index (χ4n) is 2.39. The predicted octanol–water partition coefficient (Wildman–Crippen LogP) is 4.06. The van der Waals surface area contributed by atoms with Gasteiger partial charge in [-0.3, -0.25) is 0 Å². The zero-order valence-corrected chi connectivity index (χ0v) is 13.0. The van der Waals surface area contributed by atoms with E-state index in [0.717, 1.165) is 19.4 Å². The molecule has 3 N–H and O–H groups in total. The third-order valence-electron chi connectivity index (χ3n) is 4.16. The maximum absolute atomic E-state index is 6.22. The van der Waals surface area contributed by atoms with Crippen LogP contribution in [0, 0.1) is 5.92 Å². The summed E-state index contributed by atoms with van der Waals surface area (Å²) < 4.78 is 0. The molecule has 2 aromatic carbocycles. The molecule has 0 saturated heterocycles. The summed E-state index contributed by atoms with van der Waals surface area (Å²) in [7, 11) is 0. The number of nitrogens with two attached hydrogens (primary N) is 1. The average molecular weight is 282 g/mol. The number of para-hydroxylation sites is 1. The van der Waals surface area contributed by atoms with E-state index in [4.69, 9.17) is 5.73 Å². The fraction of sp³-hybridized carbons (Fsp3) is 0.368. The number of benzene rings is 2. The molecule has 0 heterocycles. The van der Waals surface area contributed by atoms with E-state index in [-0.39, 0.29) is 6.04 Å². The van der Waals surface area contributed by atoms with Crippen molar-refractivity contribution in [2.24, 2.45) is 11.7 Å². The molecule has 112 valence electrons. The third kappa shape index (κ3) is 4.61. The molecule has 0 aliphatic rings. The van der Waals surface area contributed by atoms with Gasteiger partial charge in [0.25, 0.3) is 0 Å². The molecule has 2 rings (SSSR count). The van der Waals surface area contributed by atoms with Crippen molar-refractivity contribution in [3.63, 3.8) is 0 Å². The summed E-state index contributed by atoms with van der Waals surface area (Å²) in [4.78, 5) is 0. The van der Waals surface area contributed by atoms with Crippen LogP contribution in [0.1, 0.15) is 31.4 Å². The van der Waals surface area contributed by atoms with E-state index < -0.39 is 0 Å². The molecule has 21 heavy (non-hydrogen) atoms. The maximum Gasteiger partial charge on any atom is 0.0376 e. The van der Waals surface area contributed by atoms with Crippen molar-refractivity contribution >= 4 is 5.69 Å². The zero-order valence-electron chi connectivity index (χ0n) is 13.0. The van der Waals surface area contributed by atoms with E-state index in [2.05, 4.69) is 73.8 Å². The minimum atomic E-state index is 0.194. The summed E-state index contributed by atoms with van der Waals surface area (Å²) in [5.41, 5.74) is 10.1. The minimum absolute atomic E-state index is 0.194. The van der Waals surface area contributed by atoms with Crippen molar-refractivity contribution in [1.29, 1.82) is 0 Å². The number of hydrogen-bond donors (Lipinski definition) is 2. The molecule has 0 saturated carbocycles. The Hall–Kier alpha value is -1.80. The Bertz CT molecular complexity index is 536. The first-order chi connectivity index (χ1) is 10.2. The molecule has 2 nitrogen and oxygen atoms in total. The summed E-state index contributed by atoms with van der Waals surface area (Å²) in [5, 5.41) is 3.52. The largest absolute Gasteiger partial charge is 0.383 e. The highest BCUT2D eigenvalue weighted by Gasteiger charge is 2.11. The standard InChI is InChI=1S/C19H26N2/c1-3-15(2)18(20)14-21-19-12-8-7-11-17(19)13-16-9-5-4-6-10-16/h4-12,15,18,21H,3,13-14,20H2,1-2H3. The maximum atomic E-state index is 6.22. The van der Waals surface area contributed by atoms with Gasteiger partial charge in [-0.25, -0.2) is 0 Å². The highest BCUT2D eigenvalue weighted by atomic mass is 14.9. The van der Waals surface area contributed by atoms with Crippen LogP contribution in [0.4, 0.5) is 5.69 Å². The summed E-state index contributed by atoms with van der Waals surface area (Å²) in [6.45, 7) is 5.22. The van der Waals surface area contributed by atoms with Gasteiger partial charge in [-0.05, 0) is 29.5 Å². The predicted molar refractivity (Wildman–Crippen MR) is 91.6 cm³/mol. The van der Waals surface area contributed by atoms with Crippen LogP contribution in [-0.4, -0.2) is 12.6 Å². The van der Waals surface area contributed by atoms with Crippen LogP contribution in [-0.2, 0) is 6.42 Å². The van der Waals surface area contributed by atoms with E-state index >= 15 is 0 Å². The second-order valence-electron chi connectivity index (χ2n) is 5.75. The number of nitrogens with one attached hydrogen (secondary N) is 1. The van der Waals surface area contributed by atoms with Crippen LogP contribution in [0.15, 0.2) is 54.6 Å². The summed E-state index contributed by atoms with van der Waals surface area (Å²) in [6.07, 6.45) is 2.07. The van der Waals surface area contributed by atoms with Gasteiger partial charge in [0.2, 0.25) is 0 Å². The van der Waals surface area contributed by atoms with Crippen LogP contribution in [0.2, 0.25) is 0 Å². The molecule has 2 aromatic rings. The molecule has 2 heteroatoms. The normalized spacial score (nSPS) is 13.7. The summed E-state index contributed by atoms with van der Waals surface area (Å²) in [5.74, 6) is 0.541. The Morgan fingerprint density at radius 3 is 2.38 bits per heavy atom. The van der Waals surface area contributed by atoms with E-state index in [9.17, 15) is 0 Å². The lowest BCUT2D eigenvalue weighted by molar-refractivity contribution is 0.457. The summed E-state index contributed by atoms with van der Waals surface area (Å²) in [6, 6.07) is 19.3. The Morgan fingerprint density at radius 2 is 1.67 bits per heavy atom. The molecule has 0 bridgehead atoms. The first-order valence-corrected chi connectivity index (χ1v) is 7.82. The van der Waals surface area contributed by atoms with E-state index in [0.29, 0.717) is 5.92 Å². The lowest BCUT2D eigenvalue weighted by Gasteiger charge is -2.20. The minimum Gasteiger partial charge on any atom is -0.383 e. The SMILES string of the molecule is CCC(C)C(N)CNc1ccccc1Cc1ccccc1. The van der Waals surface area contributed by atoms with Gasteiger partial charge >= 0.3 is 0 Å². The van der Waals surface area contributed by atoms with Crippen LogP contribution < -0.4 is 11.1 Å². The molecule has 0 fully saturated rings. The molecule has 0 aliphatic heterocycles. The Labute approximate surface area is 128 Å². The van der Waals surface area contributed by atoms with Crippen molar-refractivity contribution in [3.05, 3.63) is 65.7 Å². The molecule has 2 unspecified atom stereocenters. The second-order valence-corrected chi connectivity index (χ2v) is 5.75. The zero-order chi connectivity index (χ0) is 15.1. The van der Waals surface area contributed by atoms with Gasteiger partial charge in [0.05, 0.1) is 0 Å². The molecule has 0 aromatic heterocycles. The Kier molecular flexibility index (Phi) is 5.82. The van der Waals surface area contributed by atoms with Gasteiger partial charge < -0.3 is 11.1 Å². The second kappa shape index (κ2) is 7.84. The monoisotopic (exact) mass is 282 g/mol. The van der Waals surface area contributed by atoms with E-state index in [1.165, 1.54) is 16.8 Å². The quantitative estimate of drug-likeness (QED) is 0.803. The molecule has 0 spiro atoms. The first-order valence-electron chi connectivity index (χ1n) is 7.82. The molecular weight excluding hydrogens is 256 g/mol. The lowest BCUT2D eigenvalue weighted by atomic mass is 9.99. The van der Waals surface area contributed by atoms with E-state index in [1.54, 1.807) is 0 Å².